The predicted molar refractivity (Wildman–Crippen MR) is 108 cm³/mol. The zero-order valence-corrected chi connectivity index (χ0v) is 17.7. The molecule has 30 heavy (non-hydrogen) atoms. The van der Waals surface area contributed by atoms with E-state index in [-0.39, 0.29) is 9.79 Å². The summed E-state index contributed by atoms with van der Waals surface area (Å²) < 4.78 is 67.4. The Balaban J connectivity index is 1.83. The number of methoxy groups -OCH3 is 2. The molecule has 0 bridgehead atoms. The molecule has 0 spiro atoms. The van der Waals surface area contributed by atoms with Crippen LogP contribution in [0.15, 0.2) is 58.3 Å². The van der Waals surface area contributed by atoms with E-state index in [4.69, 9.17) is 17.8 Å². The second-order valence-corrected chi connectivity index (χ2v) is 8.62. The van der Waals surface area contributed by atoms with Crippen LogP contribution in [0.1, 0.15) is 0 Å². The first-order chi connectivity index (χ1) is 14.3. The smallest absolute Gasteiger partial charge is 0.297 e. The molecule has 2 aromatic carbocycles. The van der Waals surface area contributed by atoms with Gasteiger partial charge in [-0.1, -0.05) is 11.8 Å². The molecule has 0 amide bonds. The number of rotatable bonds is 8. The van der Waals surface area contributed by atoms with Gasteiger partial charge in [0.05, 0.1) is 24.0 Å². The van der Waals surface area contributed by atoms with Gasteiger partial charge in [0, 0.05) is 0 Å². The third-order valence-corrected chi connectivity index (χ3v) is 6.06. The van der Waals surface area contributed by atoms with Gasteiger partial charge in [0.1, 0.15) is 24.7 Å². The van der Waals surface area contributed by atoms with Gasteiger partial charge >= 0.3 is 0 Å². The van der Waals surface area contributed by atoms with E-state index in [1.54, 1.807) is 0 Å². The average molecular weight is 450 g/mol. The third kappa shape index (κ3) is 6.79. The van der Waals surface area contributed by atoms with E-state index in [9.17, 15) is 16.8 Å². The van der Waals surface area contributed by atoms with Crippen molar-refractivity contribution < 1.29 is 34.7 Å². The van der Waals surface area contributed by atoms with Crippen LogP contribution >= 0.6 is 0 Å². The summed E-state index contributed by atoms with van der Waals surface area (Å²) in [5.41, 5.74) is 0. The molecule has 0 saturated carbocycles. The maximum absolute atomic E-state index is 12.0. The van der Waals surface area contributed by atoms with E-state index in [2.05, 4.69) is 23.7 Å². The van der Waals surface area contributed by atoms with E-state index in [1.807, 2.05) is 0 Å². The van der Waals surface area contributed by atoms with Gasteiger partial charge in [-0.25, -0.2) is 0 Å². The Labute approximate surface area is 176 Å². The lowest BCUT2D eigenvalue weighted by Crippen LogP contribution is -2.06. The Hall–Kier alpha value is -3.02. The summed E-state index contributed by atoms with van der Waals surface area (Å²) in [7, 11) is -4.98. The Kier molecular flexibility index (Phi) is 8.27. The maximum atomic E-state index is 12.0. The molecule has 2 aromatic rings. The quantitative estimate of drug-likeness (QED) is 0.443. The lowest BCUT2D eigenvalue weighted by molar-refractivity contribution is 0.361. The minimum atomic E-state index is -3.96. The molecule has 0 saturated heterocycles. The van der Waals surface area contributed by atoms with Crippen molar-refractivity contribution in [2.75, 3.05) is 27.4 Å². The molecule has 0 aromatic heterocycles. The molecule has 0 fully saturated rings. The van der Waals surface area contributed by atoms with Gasteiger partial charge in [0.15, 0.2) is 0 Å². The molecule has 0 radical (unpaired) electrons. The fraction of sp³-hybridized carbons (Fsp3) is 0.200. The standard InChI is InChI=1S/C20H18O8S2/c1-25-17-7-11-19(12-8-17)29(21,22)27-15-5-3-4-6-16-28-30(23,24)20-13-9-18(26-2)10-14-20/h7-14H,15-16H2,1-2H3. The van der Waals surface area contributed by atoms with Crippen LogP contribution in [0.25, 0.3) is 0 Å². The van der Waals surface area contributed by atoms with E-state index < -0.39 is 33.5 Å². The van der Waals surface area contributed by atoms with E-state index in [1.165, 1.54) is 62.8 Å². The first-order valence-electron chi connectivity index (χ1n) is 8.31. The fourth-order valence-corrected chi connectivity index (χ4v) is 3.63. The minimum absolute atomic E-state index is 0.0340. The lowest BCUT2D eigenvalue weighted by atomic mass is 10.3. The van der Waals surface area contributed by atoms with Crippen molar-refractivity contribution >= 4 is 20.2 Å². The Morgan fingerprint density at radius 3 is 1.27 bits per heavy atom. The summed E-state index contributed by atoms with van der Waals surface area (Å²) in [6, 6.07) is 11.4. The highest BCUT2D eigenvalue weighted by atomic mass is 32.2. The molecule has 0 atom stereocenters. The largest absolute Gasteiger partial charge is 0.497 e. The molecular formula is C20H18O8S2. The van der Waals surface area contributed by atoms with Crippen molar-refractivity contribution in [2.45, 2.75) is 9.79 Å². The first-order valence-corrected chi connectivity index (χ1v) is 11.1. The highest BCUT2D eigenvalue weighted by Gasteiger charge is 2.15. The summed E-state index contributed by atoms with van der Waals surface area (Å²) in [5, 5.41) is 0. The van der Waals surface area contributed by atoms with Gasteiger partial charge in [-0.3, -0.25) is 8.37 Å². The maximum Gasteiger partial charge on any atom is 0.297 e. The van der Waals surface area contributed by atoms with Gasteiger partial charge in [0.2, 0.25) is 0 Å². The third-order valence-electron chi connectivity index (χ3n) is 3.51. The van der Waals surface area contributed by atoms with Crippen molar-refractivity contribution in [1.29, 1.82) is 0 Å². The number of ether oxygens (including phenoxy) is 2. The van der Waals surface area contributed by atoms with Crippen LogP contribution in [-0.2, 0) is 28.6 Å². The van der Waals surface area contributed by atoms with Crippen molar-refractivity contribution in [3.8, 4) is 35.2 Å². The molecule has 10 heteroatoms. The van der Waals surface area contributed by atoms with E-state index >= 15 is 0 Å². The molecule has 0 aliphatic heterocycles. The van der Waals surface area contributed by atoms with Crippen LogP contribution in [0.4, 0.5) is 0 Å². The zero-order valence-electron chi connectivity index (χ0n) is 16.1. The van der Waals surface area contributed by atoms with Gasteiger partial charge in [-0.05, 0) is 60.4 Å². The van der Waals surface area contributed by atoms with Crippen LogP contribution < -0.4 is 9.47 Å². The van der Waals surface area contributed by atoms with Crippen LogP contribution in [0.5, 0.6) is 11.5 Å². The van der Waals surface area contributed by atoms with Crippen LogP contribution in [0.3, 0.4) is 0 Å². The van der Waals surface area contributed by atoms with Crippen molar-refractivity contribution in [3.05, 3.63) is 48.5 Å². The summed E-state index contributed by atoms with van der Waals surface area (Å²) in [5.74, 6) is 10.6. The zero-order chi connectivity index (χ0) is 22.0. The number of benzene rings is 2. The number of hydrogen-bond donors (Lipinski definition) is 0. The van der Waals surface area contributed by atoms with Crippen LogP contribution in [0, 0.1) is 23.7 Å². The SMILES string of the molecule is COc1ccc(S(=O)(=O)OCC#CC#CCOS(=O)(=O)c2ccc(OC)cc2)cc1. The summed E-state index contributed by atoms with van der Waals surface area (Å²) in [4.78, 5) is -0.0679. The molecule has 0 N–H and O–H groups in total. The first kappa shape index (κ1) is 23.3. The minimum Gasteiger partial charge on any atom is -0.497 e. The van der Waals surface area contributed by atoms with Gasteiger partial charge in [-0.15, -0.1) is 0 Å². The van der Waals surface area contributed by atoms with E-state index in [0.717, 1.165) is 0 Å². The average Bonchev–Trinajstić information content (AvgIpc) is 2.75. The predicted octanol–water partition coefficient (Wildman–Crippen LogP) is 1.82. The molecule has 0 aliphatic carbocycles. The number of hydrogen-bond acceptors (Lipinski definition) is 8. The topological polar surface area (TPSA) is 105 Å². The second kappa shape index (κ2) is 10.7. The van der Waals surface area contributed by atoms with E-state index in [0.29, 0.717) is 11.5 Å². The van der Waals surface area contributed by atoms with Crippen molar-refractivity contribution in [1.82, 2.24) is 0 Å². The van der Waals surface area contributed by atoms with Crippen molar-refractivity contribution in [2.24, 2.45) is 0 Å². The lowest BCUT2D eigenvalue weighted by Gasteiger charge is -2.04. The summed E-state index contributed by atoms with van der Waals surface area (Å²) in [6.07, 6.45) is 0. The van der Waals surface area contributed by atoms with Crippen LogP contribution in [0.2, 0.25) is 0 Å². The Morgan fingerprint density at radius 2 is 0.967 bits per heavy atom. The highest BCUT2D eigenvalue weighted by Crippen LogP contribution is 2.18. The van der Waals surface area contributed by atoms with Gasteiger partial charge in [0.25, 0.3) is 20.2 Å². The Morgan fingerprint density at radius 1 is 0.633 bits per heavy atom. The molecule has 8 nitrogen and oxygen atoms in total. The van der Waals surface area contributed by atoms with Gasteiger partial charge < -0.3 is 9.47 Å². The summed E-state index contributed by atoms with van der Waals surface area (Å²) >= 11 is 0. The molecular weight excluding hydrogens is 432 g/mol. The molecule has 0 aliphatic rings. The molecule has 0 heterocycles. The molecule has 0 unspecified atom stereocenters. The van der Waals surface area contributed by atoms with Crippen molar-refractivity contribution in [3.63, 3.8) is 0 Å². The fourth-order valence-electron chi connectivity index (χ4n) is 2.00. The highest BCUT2D eigenvalue weighted by molar-refractivity contribution is 7.87. The second-order valence-electron chi connectivity index (χ2n) is 5.39. The van der Waals surface area contributed by atoms with Gasteiger partial charge in [-0.2, -0.15) is 16.8 Å². The summed E-state index contributed by atoms with van der Waals surface area (Å²) in [6.45, 7) is -0.817. The molecule has 158 valence electrons. The normalized spacial score (nSPS) is 10.9. The molecule has 2 rings (SSSR count). The Bertz CT molecular complexity index is 1080. The van der Waals surface area contributed by atoms with Crippen LogP contribution in [-0.4, -0.2) is 44.3 Å². The monoisotopic (exact) mass is 450 g/mol.